The number of hydrogen-bond acceptors (Lipinski definition) is 4. The fraction of sp³-hybridized carbons (Fsp3) is 0.351. The van der Waals surface area contributed by atoms with Crippen molar-refractivity contribution in [3.63, 3.8) is 0 Å². The van der Waals surface area contributed by atoms with Crippen molar-refractivity contribution < 1.29 is 30.0 Å². The monoisotopic (exact) mass is 650 g/mol. The van der Waals surface area contributed by atoms with E-state index in [1.165, 1.54) is 22.3 Å². The van der Waals surface area contributed by atoms with Gasteiger partial charge in [0.1, 0.15) is 0 Å². The van der Waals surface area contributed by atoms with Crippen LogP contribution in [0, 0.1) is 0 Å². The maximum atomic E-state index is 13.8. The summed E-state index contributed by atoms with van der Waals surface area (Å²) in [4.78, 5) is 37.4. The van der Waals surface area contributed by atoms with Crippen molar-refractivity contribution in [3.8, 4) is 0 Å². The molecule has 0 saturated carbocycles. The molecular weight excluding hydrogens is 611 g/mol. The summed E-state index contributed by atoms with van der Waals surface area (Å²) in [6.45, 7) is 17.6. The van der Waals surface area contributed by atoms with Crippen molar-refractivity contribution in [1.29, 1.82) is 0 Å². The number of Topliss-reactive ketones (excluding diaryl/α,β-unsaturated/α-hetero) is 2. The van der Waals surface area contributed by atoms with Crippen molar-refractivity contribution in [2.75, 3.05) is 0 Å². The van der Waals surface area contributed by atoms with Crippen LogP contribution in [0.4, 0.5) is 0 Å². The van der Waals surface area contributed by atoms with Gasteiger partial charge >= 0.3 is 0 Å². The van der Waals surface area contributed by atoms with Gasteiger partial charge in [0.15, 0.2) is 17.4 Å². The molecule has 0 unspecified atom stereocenters. The van der Waals surface area contributed by atoms with Crippen molar-refractivity contribution >= 4 is 23.0 Å². The molecule has 1 heterocycles. The molecule has 0 radical (unpaired) electrons. The minimum absolute atomic E-state index is 0. The first-order valence-corrected chi connectivity index (χ1v) is 14.8. The quantitative estimate of drug-likeness (QED) is 0.197. The Hall–Kier alpha value is -3.26. The minimum atomic E-state index is -0.161. The van der Waals surface area contributed by atoms with E-state index in [9.17, 15) is 9.59 Å². The Bertz CT molecular complexity index is 1520. The summed E-state index contributed by atoms with van der Waals surface area (Å²) in [5, 5.41) is 0. The van der Waals surface area contributed by atoms with Gasteiger partial charge in [-0.3, -0.25) is 9.59 Å². The number of ketones is 2. The van der Waals surface area contributed by atoms with Gasteiger partial charge in [0.05, 0.1) is 17.0 Å². The molecule has 0 atom stereocenters. The standard InChI is InChI=1S/C37H40N2O2.Pd/c1-20(2)24-15-11-16-25(21(3)4)32(24)34-35(33-26(22(5)6)17-12-18-27(33)23(7)8)39-37(38-34)30-19-31(40)28-13-9-10-14-29(28)36(30)41;/h9-18,20-23H,19H2,1-8H3;. The van der Waals surface area contributed by atoms with Crippen LogP contribution in [0.2, 0.25) is 0 Å². The second kappa shape index (κ2) is 12.5. The van der Waals surface area contributed by atoms with E-state index in [2.05, 4.69) is 91.8 Å². The van der Waals surface area contributed by atoms with Gasteiger partial charge in [0.2, 0.25) is 0 Å². The zero-order chi connectivity index (χ0) is 29.6. The first-order valence-electron chi connectivity index (χ1n) is 14.8. The van der Waals surface area contributed by atoms with Gasteiger partial charge in [-0.05, 0) is 45.9 Å². The summed E-state index contributed by atoms with van der Waals surface area (Å²) in [6, 6.07) is 20.0. The molecular formula is C37H40N2O2Pd. The van der Waals surface area contributed by atoms with Crippen LogP contribution in [0.5, 0.6) is 0 Å². The molecule has 0 amide bonds. The molecule has 42 heavy (non-hydrogen) atoms. The van der Waals surface area contributed by atoms with Crippen LogP contribution in [0.1, 0.15) is 140 Å². The molecule has 0 fully saturated rings. The molecule has 0 saturated heterocycles. The first kappa shape index (κ1) is 31.7. The molecule has 4 nitrogen and oxygen atoms in total. The zero-order valence-electron chi connectivity index (χ0n) is 25.8. The summed E-state index contributed by atoms with van der Waals surface area (Å²) in [5.74, 6) is 1.19. The van der Waals surface area contributed by atoms with E-state index in [1.807, 2.05) is 0 Å². The summed E-state index contributed by atoms with van der Waals surface area (Å²) < 4.78 is 0. The van der Waals surface area contributed by atoms with Crippen LogP contribution < -0.4 is 0 Å². The number of fused-ring (bicyclic) bond motifs is 1. The average molecular weight is 651 g/mol. The molecule has 5 heteroatoms. The second-order valence-electron chi connectivity index (χ2n) is 12.4. The molecule has 1 aliphatic carbocycles. The first-order chi connectivity index (χ1) is 19.5. The van der Waals surface area contributed by atoms with Gasteiger partial charge in [0, 0.05) is 49.1 Å². The van der Waals surface area contributed by atoms with Crippen LogP contribution in [0.3, 0.4) is 0 Å². The summed E-state index contributed by atoms with van der Waals surface area (Å²) in [7, 11) is 0. The second-order valence-corrected chi connectivity index (χ2v) is 12.4. The van der Waals surface area contributed by atoms with E-state index in [1.54, 1.807) is 24.3 Å². The third-order valence-corrected chi connectivity index (χ3v) is 8.23. The Labute approximate surface area is 264 Å². The molecule has 2 aliphatic rings. The van der Waals surface area contributed by atoms with Gasteiger partial charge in [-0.1, -0.05) is 116 Å². The van der Waals surface area contributed by atoms with Gasteiger partial charge in [-0.2, -0.15) is 0 Å². The van der Waals surface area contributed by atoms with E-state index in [-0.39, 0.29) is 62.1 Å². The fourth-order valence-electron chi connectivity index (χ4n) is 6.08. The van der Waals surface area contributed by atoms with E-state index in [0.717, 1.165) is 22.6 Å². The molecule has 3 aromatic rings. The van der Waals surface area contributed by atoms with Crippen LogP contribution in [-0.4, -0.2) is 23.0 Å². The summed E-state index contributed by atoms with van der Waals surface area (Å²) in [5.41, 5.74) is 9.90. The predicted molar refractivity (Wildman–Crippen MR) is 169 cm³/mol. The Morgan fingerprint density at radius 1 is 0.548 bits per heavy atom. The normalized spacial score (nSPS) is 15.0. The van der Waals surface area contributed by atoms with E-state index in [0.29, 0.717) is 22.5 Å². The van der Waals surface area contributed by atoms with Crippen LogP contribution >= 0.6 is 0 Å². The Kier molecular flexibility index (Phi) is 9.46. The average Bonchev–Trinajstić information content (AvgIpc) is 3.38. The topological polar surface area (TPSA) is 58.9 Å². The fourth-order valence-corrected chi connectivity index (χ4v) is 6.08. The largest absolute Gasteiger partial charge is 0.294 e. The number of carbonyl (C=O) groups is 2. The van der Waals surface area contributed by atoms with E-state index < -0.39 is 0 Å². The maximum Gasteiger partial charge on any atom is 0.193 e. The summed E-state index contributed by atoms with van der Waals surface area (Å²) in [6.07, 6.45) is 0.00443. The SMILES string of the molecule is CC(C)c1cccc(C(C)C)c1C1=NC(=C2CC(=O)c3ccccc3C2=O)N=C1c1c(C(C)C)cccc1C(C)C.[Pd]. The van der Waals surface area contributed by atoms with E-state index >= 15 is 0 Å². The molecule has 0 bridgehead atoms. The van der Waals surface area contributed by atoms with Crippen molar-refractivity contribution in [3.05, 3.63) is 117 Å². The summed E-state index contributed by atoms with van der Waals surface area (Å²) >= 11 is 0. The van der Waals surface area contributed by atoms with Crippen LogP contribution in [0.15, 0.2) is 82.0 Å². The molecule has 3 aromatic carbocycles. The number of allylic oxidation sites excluding steroid dienone is 1. The molecule has 0 spiro atoms. The molecule has 220 valence electrons. The number of aliphatic imine (C=N–C) groups is 2. The number of nitrogens with zero attached hydrogens (tertiary/aromatic N) is 2. The van der Waals surface area contributed by atoms with E-state index in [4.69, 9.17) is 9.98 Å². The number of benzene rings is 3. The Morgan fingerprint density at radius 3 is 1.31 bits per heavy atom. The Morgan fingerprint density at radius 2 is 0.929 bits per heavy atom. The number of hydrogen-bond donors (Lipinski definition) is 0. The third kappa shape index (κ3) is 5.58. The van der Waals surface area contributed by atoms with Crippen molar-refractivity contribution in [1.82, 2.24) is 0 Å². The maximum absolute atomic E-state index is 13.8. The van der Waals surface area contributed by atoms with Gasteiger partial charge < -0.3 is 0 Å². The van der Waals surface area contributed by atoms with Gasteiger partial charge in [0.25, 0.3) is 0 Å². The Balaban J connectivity index is 0.00000405. The van der Waals surface area contributed by atoms with Crippen LogP contribution in [0.25, 0.3) is 0 Å². The van der Waals surface area contributed by atoms with Crippen molar-refractivity contribution in [2.45, 2.75) is 85.5 Å². The van der Waals surface area contributed by atoms with Crippen LogP contribution in [-0.2, 0) is 20.4 Å². The minimum Gasteiger partial charge on any atom is -0.294 e. The van der Waals surface area contributed by atoms with Gasteiger partial charge in [-0.25, -0.2) is 9.98 Å². The zero-order valence-corrected chi connectivity index (χ0v) is 27.4. The molecule has 5 rings (SSSR count). The molecule has 1 aliphatic heterocycles. The number of carbonyl (C=O) groups excluding carboxylic acids is 2. The molecule has 0 N–H and O–H groups in total. The molecule has 0 aromatic heterocycles. The third-order valence-electron chi connectivity index (χ3n) is 8.23. The number of rotatable bonds is 6. The van der Waals surface area contributed by atoms with Crippen molar-refractivity contribution in [2.24, 2.45) is 9.98 Å². The smallest absolute Gasteiger partial charge is 0.193 e. The van der Waals surface area contributed by atoms with Gasteiger partial charge in [-0.15, -0.1) is 0 Å². The predicted octanol–water partition coefficient (Wildman–Crippen LogP) is 9.15.